The summed E-state index contributed by atoms with van der Waals surface area (Å²) in [5.74, 6) is -0.548. The van der Waals surface area contributed by atoms with Crippen LogP contribution >= 0.6 is 0 Å². The molecule has 0 spiro atoms. The lowest BCUT2D eigenvalue weighted by atomic mass is 9.94. The van der Waals surface area contributed by atoms with E-state index in [0.29, 0.717) is 19.1 Å². The number of carbonyl (C=O) groups is 1. The number of rotatable bonds is 7. The molecule has 0 saturated heterocycles. The second kappa shape index (κ2) is 8.70. The SMILES string of the molecule is Cc1c([N+](=O)[O-])cc(C(=O)NCCN(C)C2CCCCC2)cc1[N+](=O)[O-]. The van der Waals surface area contributed by atoms with Crippen molar-refractivity contribution in [2.24, 2.45) is 0 Å². The highest BCUT2D eigenvalue weighted by molar-refractivity contribution is 5.96. The summed E-state index contributed by atoms with van der Waals surface area (Å²) in [6, 6.07) is 2.69. The average Bonchev–Trinajstić information content (AvgIpc) is 2.61. The first-order valence-corrected chi connectivity index (χ1v) is 8.73. The highest BCUT2D eigenvalue weighted by Crippen LogP contribution is 2.29. The Hall–Kier alpha value is -2.55. The van der Waals surface area contributed by atoms with Gasteiger partial charge in [0.25, 0.3) is 17.3 Å². The third-order valence-electron chi connectivity index (χ3n) is 4.96. The van der Waals surface area contributed by atoms with Crippen molar-refractivity contribution in [3.63, 3.8) is 0 Å². The number of hydrogen-bond donors (Lipinski definition) is 1. The Morgan fingerprint density at radius 1 is 1.15 bits per heavy atom. The van der Waals surface area contributed by atoms with Crippen LogP contribution in [-0.4, -0.2) is 46.8 Å². The predicted molar refractivity (Wildman–Crippen MR) is 96.3 cm³/mol. The number of nitrogens with one attached hydrogen (secondary N) is 1. The van der Waals surface area contributed by atoms with Crippen molar-refractivity contribution in [3.8, 4) is 0 Å². The molecule has 1 aromatic rings. The quantitative estimate of drug-likeness (QED) is 0.587. The van der Waals surface area contributed by atoms with E-state index in [1.807, 2.05) is 7.05 Å². The van der Waals surface area contributed by atoms with Gasteiger partial charge in [-0.1, -0.05) is 19.3 Å². The second-order valence-electron chi connectivity index (χ2n) is 6.68. The molecule has 0 atom stereocenters. The Balaban J connectivity index is 2.02. The van der Waals surface area contributed by atoms with Crippen LogP contribution in [0, 0.1) is 27.2 Å². The molecule has 1 N–H and O–H groups in total. The Morgan fingerprint density at radius 2 is 1.69 bits per heavy atom. The Morgan fingerprint density at radius 3 is 2.19 bits per heavy atom. The van der Waals surface area contributed by atoms with Gasteiger partial charge in [0.2, 0.25) is 0 Å². The van der Waals surface area contributed by atoms with Crippen LogP contribution in [0.1, 0.15) is 48.0 Å². The van der Waals surface area contributed by atoms with E-state index in [4.69, 9.17) is 0 Å². The highest BCUT2D eigenvalue weighted by atomic mass is 16.6. The van der Waals surface area contributed by atoms with Gasteiger partial charge < -0.3 is 10.2 Å². The minimum atomic E-state index is -0.712. The Kier molecular flexibility index (Phi) is 6.62. The molecule has 0 aliphatic heterocycles. The van der Waals surface area contributed by atoms with Crippen LogP contribution in [0.15, 0.2) is 12.1 Å². The van der Waals surface area contributed by atoms with Gasteiger partial charge >= 0.3 is 0 Å². The standard InChI is InChI=1S/C17H24N4O5/c1-12-15(20(23)24)10-13(11-16(12)21(25)26)17(22)18-8-9-19(2)14-6-4-3-5-7-14/h10-11,14H,3-9H2,1-2H3,(H,18,22). The monoisotopic (exact) mass is 364 g/mol. The third kappa shape index (κ3) is 4.75. The fraction of sp³-hybridized carbons (Fsp3) is 0.588. The molecular weight excluding hydrogens is 340 g/mol. The molecular formula is C17H24N4O5. The molecule has 1 saturated carbocycles. The molecule has 1 fully saturated rings. The summed E-state index contributed by atoms with van der Waals surface area (Å²) in [5, 5.41) is 24.9. The summed E-state index contributed by atoms with van der Waals surface area (Å²) >= 11 is 0. The minimum absolute atomic E-state index is 0.0615. The second-order valence-corrected chi connectivity index (χ2v) is 6.68. The lowest BCUT2D eigenvalue weighted by Crippen LogP contribution is -2.39. The van der Waals surface area contributed by atoms with Crippen molar-refractivity contribution >= 4 is 17.3 Å². The van der Waals surface area contributed by atoms with Gasteiger partial charge in [0.1, 0.15) is 5.56 Å². The number of nitro benzene ring substituents is 2. The molecule has 0 unspecified atom stereocenters. The maximum absolute atomic E-state index is 12.3. The van der Waals surface area contributed by atoms with Crippen LogP contribution in [0.4, 0.5) is 11.4 Å². The summed E-state index contributed by atoms with van der Waals surface area (Å²) in [5.41, 5.74) is -0.991. The fourth-order valence-corrected chi connectivity index (χ4v) is 3.35. The molecule has 0 heterocycles. The van der Waals surface area contributed by atoms with Crippen molar-refractivity contribution < 1.29 is 14.6 Å². The summed E-state index contributed by atoms with van der Waals surface area (Å²) in [6.07, 6.45) is 6.02. The van der Waals surface area contributed by atoms with Crippen molar-refractivity contribution in [1.29, 1.82) is 0 Å². The number of hydrogen-bond acceptors (Lipinski definition) is 6. The van der Waals surface area contributed by atoms with Crippen molar-refractivity contribution in [3.05, 3.63) is 43.5 Å². The average molecular weight is 364 g/mol. The van der Waals surface area contributed by atoms with E-state index in [1.54, 1.807) is 0 Å². The van der Waals surface area contributed by atoms with Crippen LogP contribution in [-0.2, 0) is 0 Å². The predicted octanol–water partition coefficient (Wildman–Crippen LogP) is 2.81. The van der Waals surface area contributed by atoms with Gasteiger partial charge in [0, 0.05) is 31.3 Å². The molecule has 0 bridgehead atoms. The smallest absolute Gasteiger partial charge is 0.279 e. The van der Waals surface area contributed by atoms with E-state index in [9.17, 15) is 25.0 Å². The summed E-state index contributed by atoms with van der Waals surface area (Å²) in [4.78, 5) is 35.3. The number of likely N-dealkylation sites (N-methyl/N-ethyl adjacent to an activating group) is 1. The first-order valence-electron chi connectivity index (χ1n) is 8.73. The van der Waals surface area contributed by atoms with E-state index in [0.717, 1.165) is 25.0 Å². The van der Waals surface area contributed by atoms with Gasteiger partial charge in [-0.05, 0) is 26.8 Å². The van der Waals surface area contributed by atoms with Gasteiger partial charge in [-0.2, -0.15) is 0 Å². The molecule has 142 valence electrons. The van der Waals surface area contributed by atoms with Crippen LogP contribution < -0.4 is 5.32 Å². The van der Waals surface area contributed by atoms with Crippen LogP contribution in [0.3, 0.4) is 0 Å². The fourth-order valence-electron chi connectivity index (χ4n) is 3.35. The molecule has 2 rings (SSSR count). The number of nitro groups is 2. The zero-order valence-electron chi connectivity index (χ0n) is 15.1. The van der Waals surface area contributed by atoms with E-state index in [-0.39, 0.29) is 11.1 Å². The van der Waals surface area contributed by atoms with E-state index >= 15 is 0 Å². The number of nitrogens with zero attached hydrogens (tertiary/aromatic N) is 3. The van der Waals surface area contributed by atoms with Gasteiger partial charge in [-0.25, -0.2) is 0 Å². The van der Waals surface area contributed by atoms with Crippen LogP contribution in [0.25, 0.3) is 0 Å². The number of amides is 1. The molecule has 1 amide bonds. The van der Waals surface area contributed by atoms with Gasteiger partial charge in [0.05, 0.1) is 15.4 Å². The molecule has 9 nitrogen and oxygen atoms in total. The van der Waals surface area contributed by atoms with E-state index in [2.05, 4.69) is 10.2 Å². The van der Waals surface area contributed by atoms with Gasteiger partial charge in [-0.15, -0.1) is 0 Å². The summed E-state index contributed by atoms with van der Waals surface area (Å²) in [6.45, 7) is 2.34. The molecule has 1 aliphatic rings. The Labute approximate surface area is 151 Å². The van der Waals surface area contributed by atoms with Crippen LogP contribution in [0.2, 0.25) is 0 Å². The van der Waals surface area contributed by atoms with Gasteiger partial charge in [-0.3, -0.25) is 25.0 Å². The van der Waals surface area contributed by atoms with Crippen molar-refractivity contribution in [1.82, 2.24) is 10.2 Å². The van der Waals surface area contributed by atoms with Crippen molar-refractivity contribution in [2.75, 3.05) is 20.1 Å². The maximum atomic E-state index is 12.3. The molecule has 26 heavy (non-hydrogen) atoms. The number of carbonyl (C=O) groups excluding carboxylic acids is 1. The summed E-state index contributed by atoms with van der Waals surface area (Å²) in [7, 11) is 2.02. The summed E-state index contributed by atoms with van der Waals surface area (Å²) < 4.78 is 0. The molecule has 9 heteroatoms. The van der Waals surface area contributed by atoms with Crippen molar-refractivity contribution in [2.45, 2.75) is 45.1 Å². The third-order valence-corrected chi connectivity index (χ3v) is 4.96. The highest BCUT2D eigenvalue weighted by Gasteiger charge is 2.25. The molecule has 0 radical (unpaired) electrons. The first kappa shape index (κ1) is 19.8. The molecule has 1 aromatic carbocycles. The lowest BCUT2D eigenvalue weighted by Gasteiger charge is -2.31. The van der Waals surface area contributed by atoms with Gasteiger partial charge in [0.15, 0.2) is 0 Å². The largest absolute Gasteiger partial charge is 0.351 e. The van der Waals surface area contributed by atoms with Crippen LogP contribution in [0.5, 0.6) is 0 Å². The van der Waals surface area contributed by atoms with E-state index in [1.165, 1.54) is 26.2 Å². The zero-order chi connectivity index (χ0) is 19.3. The minimum Gasteiger partial charge on any atom is -0.351 e. The zero-order valence-corrected chi connectivity index (χ0v) is 15.1. The lowest BCUT2D eigenvalue weighted by molar-refractivity contribution is -0.395. The van der Waals surface area contributed by atoms with E-state index < -0.39 is 27.1 Å². The molecule has 0 aromatic heterocycles. The molecule has 1 aliphatic carbocycles. The maximum Gasteiger partial charge on any atom is 0.279 e. The Bertz CT molecular complexity index is 665. The topological polar surface area (TPSA) is 119 Å². The normalized spacial score (nSPS) is 15.0. The first-order chi connectivity index (χ1) is 12.3. The number of benzene rings is 1.